The van der Waals surface area contributed by atoms with Crippen LogP contribution in [-0.4, -0.2) is 29.6 Å². The molecule has 1 heterocycles. The summed E-state index contributed by atoms with van der Waals surface area (Å²) in [5.74, 6) is 2.38. The summed E-state index contributed by atoms with van der Waals surface area (Å²) in [5.41, 5.74) is 1.16. The van der Waals surface area contributed by atoms with Gasteiger partial charge in [0.25, 0.3) is 0 Å². The van der Waals surface area contributed by atoms with E-state index in [9.17, 15) is 0 Å². The van der Waals surface area contributed by atoms with E-state index in [0.29, 0.717) is 0 Å². The molecular formula is C17H25N3O2S. The normalized spacial score (nSPS) is 12.8. The standard InChI is InChI=1S/C17H25N3O2S/c1-11(18-16-19-15(20-23-16)17(2,3)4)9-12-7-8-13(21-5)14(10-12)22-6/h7-8,10-11H,9H2,1-6H3,(H,18,19,20). The van der Waals surface area contributed by atoms with Crippen LogP contribution in [0.3, 0.4) is 0 Å². The molecule has 126 valence electrons. The molecule has 0 aliphatic rings. The van der Waals surface area contributed by atoms with Crippen molar-refractivity contribution in [3.8, 4) is 11.5 Å². The molecule has 2 aromatic rings. The number of anilines is 1. The third-order valence-electron chi connectivity index (χ3n) is 3.46. The van der Waals surface area contributed by atoms with E-state index in [1.165, 1.54) is 17.1 Å². The Balaban J connectivity index is 2.02. The summed E-state index contributed by atoms with van der Waals surface area (Å²) in [4.78, 5) is 4.58. The summed E-state index contributed by atoms with van der Waals surface area (Å²) in [6, 6.07) is 6.25. The first-order valence-corrected chi connectivity index (χ1v) is 8.42. The Labute approximate surface area is 142 Å². The van der Waals surface area contributed by atoms with Gasteiger partial charge >= 0.3 is 0 Å². The molecule has 0 saturated carbocycles. The number of hydrogen-bond acceptors (Lipinski definition) is 6. The number of ether oxygens (including phenoxy) is 2. The maximum atomic E-state index is 5.35. The molecule has 0 saturated heterocycles. The summed E-state index contributed by atoms with van der Waals surface area (Å²) in [6.07, 6.45) is 0.866. The molecule has 2 rings (SSSR count). The van der Waals surface area contributed by atoms with Crippen LogP contribution in [0.15, 0.2) is 18.2 Å². The molecule has 0 aliphatic heterocycles. The van der Waals surface area contributed by atoms with E-state index in [0.717, 1.165) is 28.9 Å². The maximum absolute atomic E-state index is 5.35. The molecule has 0 aliphatic carbocycles. The monoisotopic (exact) mass is 335 g/mol. The van der Waals surface area contributed by atoms with Gasteiger partial charge in [-0.05, 0) is 31.0 Å². The molecule has 5 nitrogen and oxygen atoms in total. The number of benzene rings is 1. The topological polar surface area (TPSA) is 56.3 Å². The largest absolute Gasteiger partial charge is 0.493 e. The van der Waals surface area contributed by atoms with Gasteiger partial charge in [0.15, 0.2) is 11.5 Å². The van der Waals surface area contributed by atoms with Gasteiger partial charge in [0.2, 0.25) is 5.13 Å². The molecule has 0 radical (unpaired) electrons. The summed E-state index contributed by atoms with van der Waals surface area (Å²) in [5, 5.41) is 4.29. The number of methoxy groups -OCH3 is 2. The molecule has 1 atom stereocenters. The molecule has 0 fully saturated rings. The van der Waals surface area contributed by atoms with Crippen LogP contribution in [0.2, 0.25) is 0 Å². The van der Waals surface area contributed by atoms with E-state index in [2.05, 4.69) is 48.4 Å². The van der Waals surface area contributed by atoms with Gasteiger partial charge in [0, 0.05) is 23.0 Å². The Morgan fingerprint density at radius 3 is 2.43 bits per heavy atom. The molecule has 1 aromatic carbocycles. The van der Waals surface area contributed by atoms with Crippen molar-refractivity contribution < 1.29 is 9.47 Å². The number of aromatic nitrogens is 2. The van der Waals surface area contributed by atoms with Crippen LogP contribution >= 0.6 is 11.5 Å². The molecular weight excluding hydrogens is 310 g/mol. The Kier molecular flexibility index (Phi) is 5.46. The molecule has 1 N–H and O–H groups in total. The molecule has 1 unspecified atom stereocenters. The lowest BCUT2D eigenvalue weighted by Crippen LogP contribution is -2.18. The predicted molar refractivity (Wildman–Crippen MR) is 94.9 cm³/mol. The van der Waals surface area contributed by atoms with E-state index in [4.69, 9.17) is 9.47 Å². The van der Waals surface area contributed by atoms with Crippen LogP contribution < -0.4 is 14.8 Å². The Hall–Kier alpha value is -1.82. The highest BCUT2D eigenvalue weighted by Crippen LogP contribution is 2.28. The fourth-order valence-electron chi connectivity index (χ4n) is 2.21. The van der Waals surface area contributed by atoms with Gasteiger partial charge in [-0.3, -0.25) is 0 Å². The Morgan fingerprint density at radius 2 is 1.87 bits per heavy atom. The average molecular weight is 335 g/mol. The number of nitrogens with one attached hydrogen (secondary N) is 1. The molecule has 0 spiro atoms. The van der Waals surface area contributed by atoms with Crippen LogP contribution in [0, 0.1) is 0 Å². The van der Waals surface area contributed by atoms with Gasteiger partial charge in [-0.15, -0.1) is 0 Å². The van der Waals surface area contributed by atoms with Gasteiger partial charge in [-0.25, -0.2) is 4.98 Å². The van der Waals surface area contributed by atoms with E-state index in [1.54, 1.807) is 14.2 Å². The van der Waals surface area contributed by atoms with Crippen molar-refractivity contribution in [2.24, 2.45) is 0 Å². The van der Waals surface area contributed by atoms with Crippen molar-refractivity contribution in [2.45, 2.75) is 45.6 Å². The van der Waals surface area contributed by atoms with Gasteiger partial charge < -0.3 is 14.8 Å². The van der Waals surface area contributed by atoms with E-state index < -0.39 is 0 Å². The lowest BCUT2D eigenvalue weighted by molar-refractivity contribution is 0.354. The smallest absolute Gasteiger partial charge is 0.202 e. The zero-order valence-electron chi connectivity index (χ0n) is 14.6. The van der Waals surface area contributed by atoms with Crippen molar-refractivity contribution >= 4 is 16.7 Å². The summed E-state index contributed by atoms with van der Waals surface area (Å²) in [7, 11) is 3.29. The minimum atomic E-state index is -0.0248. The van der Waals surface area contributed by atoms with Gasteiger partial charge in [-0.1, -0.05) is 26.8 Å². The minimum Gasteiger partial charge on any atom is -0.493 e. The van der Waals surface area contributed by atoms with Gasteiger partial charge in [0.1, 0.15) is 5.82 Å². The summed E-state index contributed by atoms with van der Waals surface area (Å²) >= 11 is 1.41. The second kappa shape index (κ2) is 7.17. The highest BCUT2D eigenvalue weighted by molar-refractivity contribution is 7.09. The lowest BCUT2D eigenvalue weighted by atomic mass is 9.96. The second-order valence-electron chi connectivity index (χ2n) is 6.61. The third-order valence-corrected chi connectivity index (χ3v) is 4.10. The molecule has 6 heteroatoms. The second-order valence-corrected chi connectivity index (χ2v) is 7.36. The molecule has 1 aromatic heterocycles. The van der Waals surface area contributed by atoms with Crippen molar-refractivity contribution in [1.82, 2.24) is 9.36 Å². The van der Waals surface area contributed by atoms with Gasteiger partial charge in [-0.2, -0.15) is 4.37 Å². The molecule has 0 bridgehead atoms. The minimum absolute atomic E-state index is 0.0248. The van der Waals surface area contributed by atoms with Crippen LogP contribution in [0.4, 0.5) is 5.13 Å². The van der Waals surface area contributed by atoms with Crippen LogP contribution in [0.25, 0.3) is 0 Å². The van der Waals surface area contributed by atoms with Crippen molar-refractivity contribution in [3.63, 3.8) is 0 Å². The first-order valence-electron chi connectivity index (χ1n) is 7.65. The van der Waals surface area contributed by atoms with Crippen LogP contribution in [0.5, 0.6) is 11.5 Å². The van der Waals surface area contributed by atoms with Gasteiger partial charge in [0.05, 0.1) is 14.2 Å². The first-order chi connectivity index (χ1) is 10.8. The Bertz CT molecular complexity index is 650. The zero-order chi connectivity index (χ0) is 17.0. The third kappa shape index (κ3) is 4.58. The predicted octanol–water partition coefficient (Wildman–Crippen LogP) is 3.90. The summed E-state index contributed by atoms with van der Waals surface area (Å²) < 4.78 is 15.1. The Morgan fingerprint density at radius 1 is 1.17 bits per heavy atom. The van der Waals surface area contributed by atoms with E-state index in [-0.39, 0.29) is 11.5 Å². The van der Waals surface area contributed by atoms with Crippen molar-refractivity contribution in [1.29, 1.82) is 0 Å². The van der Waals surface area contributed by atoms with Crippen LogP contribution in [0.1, 0.15) is 39.1 Å². The maximum Gasteiger partial charge on any atom is 0.202 e. The highest BCUT2D eigenvalue weighted by Gasteiger charge is 2.20. The fourth-order valence-corrected chi connectivity index (χ4v) is 3.08. The number of nitrogens with zero attached hydrogens (tertiary/aromatic N) is 2. The van der Waals surface area contributed by atoms with Crippen molar-refractivity contribution in [2.75, 3.05) is 19.5 Å². The number of hydrogen-bond donors (Lipinski definition) is 1. The molecule has 23 heavy (non-hydrogen) atoms. The lowest BCUT2D eigenvalue weighted by Gasteiger charge is -2.15. The average Bonchev–Trinajstić information content (AvgIpc) is 2.95. The fraction of sp³-hybridized carbons (Fsp3) is 0.529. The van der Waals surface area contributed by atoms with E-state index in [1.807, 2.05) is 12.1 Å². The molecule has 0 amide bonds. The number of rotatable bonds is 6. The first kappa shape index (κ1) is 17.5. The quantitative estimate of drug-likeness (QED) is 0.868. The summed E-state index contributed by atoms with van der Waals surface area (Å²) in [6.45, 7) is 8.48. The zero-order valence-corrected chi connectivity index (χ0v) is 15.5. The van der Waals surface area contributed by atoms with Crippen LogP contribution in [-0.2, 0) is 11.8 Å². The highest BCUT2D eigenvalue weighted by atomic mass is 32.1. The van der Waals surface area contributed by atoms with E-state index >= 15 is 0 Å². The SMILES string of the molecule is COc1ccc(CC(C)Nc2nc(C(C)(C)C)ns2)cc1OC. The van der Waals surface area contributed by atoms with Crippen molar-refractivity contribution in [3.05, 3.63) is 29.6 Å².